The van der Waals surface area contributed by atoms with Crippen LogP contribution in [0.15, 0.2) is 12.7 Å². The summed E-state index contributed by atoms with van der Waals surface area (Å²) in [7, 11) is 2.14. The fraction of sp³-hybridized carbons (Fsp3) is 0.857. The Kier molecular flexibility index (Phi) is 7.52. The van der Waals surface area contributed by atoms with Gasteiger partial charge in [-0.25, -0.2) is 0 Å². The molecule has 1 rings (SSSR count). The van der Waals surface area contributed by atoms with E-state index in [4.69, 9.17) is 4.74 Å². The molecule has 0 aromatic carbocycles. The summed E-state index contributed by atoms with van der Waals surface area (Å²) in [6.07, 6.45) is 11.7. The van der Waals surface area contributed by atoms with Gasteiger partial charge in [-0.05, 0) is 39.3 Å². The molecule has 94 valence electrons. The molecule has 0 aromatic rings. The molecule has 2 nitrogen and oxygen atoms in total. The molecule has 0 atom stereocenters. The average molecular weight is 225 g/mol. The highest BCUT2D eigenvalue weighted by molar-refractivity contribution is 4.70. The molecule has 16 heavy (non-hydrogen) atoms. The first-order valence-corrected chi connectivity index (χ1v) is 6.74. The summed E-state index contributed by atoms with van der Waals surface area (Å²) in [6.45, 7) is 6.83. The average Bonchev–Trinajstić information content (AvgIpc) is 2.30. The molecule has 1 aliphatic carbocycles. The summed E-state index contributed by atoms with van der Waals surface area (Å²) < 4.78 is 5.89. The lowest BCUT2D eigenvalue weighted by Crippen LogP contribution is -2.21. The molecule has 1 fully saturated rings. The van der Waals surface area contributed by atoms with Crippen LogP contribution in [0, 0.1) is 0 Å². The molecule has 0 unspecified atom stereocenters. The second kappa shape index (κ2) is 8.77. The van der Waals surface area contributed by atoms with Crippen LogP contribution >= 0.6 is 0 Å². The van der Waals surface area contributed by atoms with Gasteiger partial charge in [0.1, 0.15) is 0 Å². The second-order valence-electron chi connectivity index (χ2n) is 4.89. The molecule has 0 aromatic heterocycles. The van der Waals surface area contributed by atoms with Crippen LogP contribution in [-0.2, 0) is 4.74 Å². The van der Waals surface area contributed by atoms with Gasteiger partial charge in [-0.1, -0.05) is 25.3 Å². The van der Waals surface area contributed by atoms with Gasteiger partial charge in [-0.2, -0.15) is 0 Å². The predicted octanol–water partition coefficient (Wildman–Crippen LogP) is 3.23. The van der Waals surface area contributed by atoms with Crippen LogP contribution in [0.1, 0.15) is 44.9 Å². The van der Waals surface area contributed by atoms with Crippen molar-refractivity contribution in [2.45, 2.75) is 51.0 Å². The third-order valence-corrected chi connectivity index (χ3v) is 3.28. The van der Waals surface area contributed by atoms with E-state index in [0.717, 1.165) is 19.7 Å². The van der Waals surface area contributed by atoms with E-state index in [1.54, 1.807) is 0 Å². The minimum Gasteiger partial charge on any atom is -0.378 e. The van der Waals surface area contributed by atoms with Gasteiger partial charge in [0.25, 0.3) is 0 Å². The molecular formula is C14H27NO. The van der Waals surface area contributed by atoms with Crippen molar-refractivity contribution >= 4 is 0 Å². The van der Waals surface area contributed by atoms with Crippen LogP contribution < -0.4 is 0 Å². The SMILES string of the molecule is C=CCN(C)CCCCOC1CCCCC1. The summed E-state index contributed by atoms with van der Waals surface area (Å²) in [5.74, 6) is 0. The van der Waals surface area contributed by atoms with Gasteiger partial charge in [-0.3, -0.25) is 0 Å². The van der Waals surface area contributed by atoms with Crippen LogP contribution in [0.25, 0.3) is 0 Å². The highest BCUT2D eigenvalue weighted by Crippen LogP contribution is 2.20. The lowest BCUT2D eigenvalue weighted by Gasteiger charge is -2.22. The van der Waals surface area contributed by atoms with Gasteiger partial charge in [0.15, 0.2) is 0 Å². The second-order valence-corrected chi connectivity index (χ2v) is 4.89. The Hall–Kier alpha value is -0.340. The highest BCUT2D eigenvalue weighted by atomic mass is 16.5. The lowest BCUT2D eigenvalue weighted by molar-refractivity contribution is 0.0258. The van der Waals surface area contributed by atoms with E-state index in [-0.39, 0.29) is 0 Å². The minimum absolute atomic E-state index is 0.569. The van der Waals surface area contributed by atoms with Crippen molar-refractivity contribution in [1.29, 1.82) is 0 Å². The van der Waals surface area contributed by atoms with Gasteiger partial charge >= 0.3 is 0 Å². The molecule has 0 spiro atoms. The standard InChI is InChI=1S/C14H27NO/c1-3-11-15(2)12-7-8-13-16-14-9-5-4-6-10-14/h3,14H,1,4-13H2,2H3. The van der Waals surface area contributed by atoms with Crippen LogP contribution in [0.2, 0.25) is 0 Å². The van der Waals surface area contributed by atoms with Gasteiger partial charge < -0.3 is 9.64 Å². The maximum absolute atomic E-state index is 5.89. The van der Waals surface area contributed by atoms with Gasteiger partial charge in [0.2, 0.25) is 0 Å². The molecule has 0 N–H and O–H groups in total. The van der Waals surface area contributed by atoms with E-state index in [1.165, 1.54) is 44.9 Å². The number of nitrogens with zero attached hydrogens (tertiary/aromatic N) is 1. The first-order chi connectivity index (χ1) is 7.83. The predicted molar refractivity (Wildman–Crippen MR) is 69.8 cm³/mol. The summed E-state index contributed by atoms with van der Waals surface area (Å²) in [5.41, 5.74) is 0. The molecule has 1 saturated carbocycles. The van der Waals surface area contributed by atoms with Crippen LogP contribution in [-0.4, -0.2) is 37.7 Å². The first kappa shape index (κ1) is 13.7. The topological polar surface area (TPSA) is 12.5 Å². The van der Waals surface area contributed by atoms with Gasteiger partial charge in [0.05, 0.1) is 6.10 Å². The monoisotopic (exact) mass is 225 g/mol. The maximum Gasteiger partial charge on any atom is 0.0575 e. The number of unbranched alkanes of at least 4 members (excludes halogenated alkanes) is 1. The van der Waals surface area contributed by atoms with Crippen molar-refractivity contribution < 1.29 is 4.74 Å². The lowest BCUT2D eigenvalue weighted by atomic mass is 9.98. The highest BCUT2D eigenvalue weighted by Gasteiger charge is 2.12. The molecule has 2 heteroatoms. The minimum atomic E-state index is 0.569. The van der Waals surface area contributed by atoms with Crippen molar-refractivity contribution in [3.63, 3.8) is 0 Å². The molecule has 0 bridgehead atoms. The Morgan fingerprint density at radius 3 is 2.69 bits per heavy atom. The number of rotatable bonds is 8. The van der Waals surface area contributed by atoms with Crippen LogP contribution in [0.4, 0.5) is 0 Å². The van der Waals surface area contributed by atoms with Crippen molar-refractivity contribution in [3.05, 3.63) is 12.7 Å². The summed E-state index contributed by atoms with van der Waals surface area (Å²) in [6, 6.07) is 0. The van der Waals surface area contributed by atoms with E-state index >= 15 is 0 Å². The molecule has 0 amide bonds. The fourth-order valence-corrected chi connectivity index (χ4v) is 2.28. The van der Waals surface area contributed by atoms with Gasteiger partial charge in [-0.15, -0.1) is 6.58 Å². The summed E-state index contributed by atoms with van der Waals surface area (Å²) in [4.78, 5) is 2.30. The zero-order chi connectivity index (χ0) is 11.6. The van der Waals surface area contributed by atoms with Crippen molar-refractivity contribution in [2.24, 2.45) is 0 Å². The van der Waals surface area contributed by atoms with Gasteiger partial charge in [0, 0.05) is 13.2 Å². The third-order valence-electron chi connectivity index (χ3n) is 3.28. The molecule has 1 aliphatic rings. The smallest absolute Gasteiger partial charge is 0.0575 e. The zero-order valence-electron chi connectivity index (χ0n) is 10.8. The zero-order valence-corrected chi connectivity index (χ0v) is 10.8. The molecular weight excluding hydrogens is 198 g/mol. The number of likely N-dealkylation sites (N-methyl/N-ethyl adjacent to an activating group) is 1. The Bertz CT molecular complexity index is 176. The Morgan fingerprint density at radius 2 is 2.00 bits per heavy atom. The van der Waals surface area contributed by atoms with Crippen LogP contribution in [0.5, 0.6) is 0 Å². The molecule has 0 heterocycles. The Morgan fingerprint density at radius 1 is 1.25 bits per heavy atom. The third kappa shape index (κ3) is 6.29. The van der Waals surface area contributed by atoms with E-state index < -0.39 is 0 Å². The quantitative estimate of drug-likeness (QED) is 0.464. The van der Waals surface area contributed by atoms with E-state index in [1.807, 2.05) is 6.08 Å². The van der Waals surface area contributed by atoms with Crippen molar-refractivity contribution in [1.82, 2.24) is 4.90 Å². The maximum atomic E-state index is 5.89. The number of hydrogen-bond acceptors (Lipinski definition) is 2. The van der Waals surface area contributed by atoms with E-state index in [9.17, 15) is 0 Å². The number of hydrogen-bond donors (Lipinski definition) is 0. The van der Waals surface area contributed by atoms with Crippen molar-refractivity contribution in [3.8, 4) is 0 Å². The largest absolute Gasteiger partial charge is 0.378 e. The first-order valence-electron chi connectivity index (χ1n) is 6.74. The van der Waals surface area contributed by atoms with E-state index in [0.29, 0.717) is 6.10 Å². The Labute approximate surface area is 101 Å². The fourth-order valence-electron chi connectivity index (χ4n) is 2.28. The van der Waals surface area contributed by atoms with Crippen molar-refractivity contribution in [2.75, 3.05) is 26.7 Å². The summed E-state index contributed by atoms with van der Waals surface area (Å²) >= 11 is 0. The molecule has 0 aliphatic heterocycles. The Balaban J connectivity index is 1.89. The number of ether oxygens (including phenoxy) is 1. The molecule has 0 radical (unpaired) electrons. The van der Waals surface area contributed by atoms with Crippen LogP contribution in [0.3, 0.4) is 0 Å². The normalized spacial score (nSPS) is 17.9. The summed E-state index contributed by atoms with van der Waals surface area (Å²) in [5, 5.41) is 0. The molecule has 0 saturated heterocycles. The van der Waals surface area contributed by atoms with E-state index in [2.05, 4.69) is 18.5 Å².